The summed E-state index contributed by atoms with van der Waals surface area (Å²) in [5, 5.41) is 5.68. The average molecular weight is 285 g/mol. The zero-order valence-corrected chi connectivity index (χ0v) is 11.2. The molecule has 4 nitrogen and oxygen atoms in total. The van der Waals surface area contributed by atoms with Gasteiger partial charge in [-0.05, 0) is 6.07 Å². The van der Waals surface area contributed by atoms with E-state index in [-0.39, 0.29) is 6.17 Å². The second-order valence-corrected chi connectivity index (χ2v) is 4.88. The van der Waals surface area contributed by atoms with Crippen molar-refractivity contribution >= 4 is 47.2 Å². The number of rotatable bonds is 1. The molecule has 0 fully saturated rings. The number of aliphatic imine (C=N–C) groups is 2. The lowest BCUT2D eigenvalue weighted by Gasteiger charge is -2.26. The van der Waals surface area contributed by atoms with E-state index in [4.69, 9.17) is 11.6 Å². The first-order valence-corrected chi connectivity index (χ1v) is 6.27. The van der Waals surface area contributed by atoms with Crippen LogP contribution in [0.4, 0.5) is 0 Å². The third-order valence-electron chi connectivity index (χ3n) is 2.69. The Kier molecular flexibility index (Phi) is 2.72. The van der Waals surface area contributed by atoms with Gasteiger partial charge in [-0.25, -0.2) is 20.0 Å². The standard InChI is InChI=1S/C10H9ClN4S2/c11-7-4-2-1-3-6(7)8-13-10(17)14-5-12-9(16)15(8)14/h1-4,8H,5H2,(H,12,16)(H,13,17). The summed E-state index contributed by atoms with van der Waals surface area (Å²) in [6.07, 6.45) is -0.227. The van der Waals surface area contributed by atoms with Crippen LogP contribution in [-0.2, 0) is 0 Å². The number of hydrazine groups is 1. The average Bonchev–Trinajstić information content (AvgIpc) is 2.83. The number of thiol groups is 2. The van der Waals surface area contributed by atoms with Gasteiger partial charge in [0.05, 0.1) is 0 Å². The minimum absolute atomic E-state index is 0.227. The maximum absolute atomic E-state index is 6.19. The van der Waals surface area contributed by atoms with Gasteiger partial charge in [-0.3, -0.25) is 0 Å². The van der Waals surface area contributed by atoms with Crippen LogP contribution in [0.25, 0.3) is 0 Å². The molecule has 0 amide bonds. The lowest BCUT2D eigenvalue weighted by molar-refractivity contribution is 0.148. The van der Waals surface area contributed by atoms with Crippen LogP contribution in [0, 0.1) is 0 Å². The monoisotopic (exact) mass is 284 g/mol. The molecule has 0 aromatic heterocycles. The molecule has 0 spiro atoms. The number of fused-ring (bicyclic) bond motifs is 1. The van der Waals surface area contributed by atoms with Crippen molar-refractivity contribution in [1.29, 1.82) is 0 Å². The molecule has 2 heterocycles. The summed E-state index contributed by atoms with van der Waals surface area (Å²) in [4.78, 5) is 8.71. The molecule has 1 aromatic rings. The van der Waals surface area contributed by atoms with Gasteiger partial charge in [0.25, 0.3) is 0 Å². The Morgan fingerprint density at radius 1 is 1.24 bits per heavy atom. The molecule has 7 heteroatoms. The number of nitrogens with zero attached hydrogens (tertiary/aromatic N) is 4. The van der Waals surface area contributed by atoms with Crippen molar-refractivity contribution < 1.29 is 0 Å². The Balaban J connectivity index is 2.04. The fourth-order valence-electron chi connectivity index (χ4n) is 1.90. The summed E-state index contributed by atoms with van der Waals surface area (Å²) in [7, 11) is 0. The molecule has 0 saturated carbocycles. The van der Waals surface area contributed by atoms with Crippen molar-refractivity contribution in [3.63, 3.8) is 0 Å². The second kappa shape index (κ2) is 4.12. The fourth-order valence-corrected chi connectivity index (χ4v) is 2.68. The molecule has 0 bridgehead atoms. The maximum Gasteiger partial charge on any atom is 0.179 e. The number of benzene rings is 1. The predicted octanol–water partition coefficient (Wildman–Crippen LogP) is 2.41. The zero-order chi connectivity index (χ0) is 12.0. The highest BCUT2D eigenvalue weighted by atomic mass is 35.5. The van der Waals surface area contributed by atoms with E-state index < -0.39 is 0 Å². The summed E-state index contributed by atoms with van der Waals surface area (Å²) >= 11 is 14.9. The largest absolute Gasteiger partial charge is 0.237 e. The van der Waals surface area contributed by atoms with Crippen LogP contribution in [0.2, 0.25) is 5.02 Å². The molecule has 3 rings (SSSR count). The number of hydrogen-bond donors (Lipinski definition) is 2. The summed E-state index contributed by atoms with van der Waals surface area (Å²) < 4.78 is 0. The van der Waals surface area contributed by atoms with Gasteiger partial charge in [0.2, 0.25) is 0 Å². The predicted molar refractivity (Wildman–Crippen MR) is 75.6 cm³/mol. The summed E-state index contributed by atoms with van der Waals surface area (Å²) in [6, 6.07) is 7.62. The molecule has 1 atom stereocenters. The van der Waals surface area contributed by atoms with Gasteiger partial charge < -0.3 is 0 Å². The van der Waals surface area contributed by atoms with Crippen LogP contribution in [0.3, 0.4) is 0 Å². The second-order valence-electron chi connectivity index (χ2n) is 3.67. The summed E-state index contributed by atoms with van der Waals surface area (Å²) in [5.74, 6) is 0. The van der Waals surface area contributed by atoms with Crippen molar-refractivity contribution in [3.05, 3.63) is 34.9 Å². The fraction of sp³-hybridized carbons (Fsp3) is 0.200. The van der Waals surface area contributed by atoms with Gasteiger partial charge in [-0.1, -0.05) is 29.8 Å². The minimum Gasteiger partial charge on any atom is -0.237 e. The molecular formula is C10H9ClN4S2. The third-order valence-corrected chi connectivity index (χ3v) is 3.73. The van der Waals surface area contributed by atoms with E-state index >= 15 is 0 Å². The minimum atomic E-state index is -0.227. The van der Waals surface area contributed by atoms with Gasteiger partial charge in [-0.2, -0.15) is 0 Å². The molecule has 2 aliphatic rings. The van der Waals surface area contributed by atoms with Crippen molar-refractivity contribution in [2.75, 3.05) is 6.67 Å². The molecule has 1 unspecified atom stereocenters. The van der Waals surface area contributed by atoms with E-state index in [1.54, 1.807) is 0 Å². The van der Waals surface area contributed by atoms with Crippen LogP contribution in [-0.4, -0.2) is 27.0 Å². The highest BCUT2D eigenvalue weighted by Gasteiger charge is 2.38. The maximum atomic E-state index is 6.19. The van der Waals surface area contributed by atoms with Crippen LogP contribution < -0.4 is 0 Å². The molecule has 17 heavy (non-hydrogen) atoms. The van der Waals surface area contributed by atoms with Crippen molar-refractivity contribution in [2.45, 2.75) is 6.17 Å². The van der Waals surface area contributed by atoms with Gasteiger partial charge in [0.1, 0.15) is 6.67 Å². The van der Waals surface area contributed by atoms with Gasteiger partial charge >= 0.3 is 0 Å². The van der Waals surface area contributed by atoms with E-state index in [1.807, 2.05) is 34.3 Å². The SMILES string of the molecule is SC1=NC(c2ccccc2Cl)N2C(S)=NCN12. The topological polar surface area (TPSA) is 31.2 Å². The zero-order valence-electron chi connectivity index (χ0n) is 8.66. The normalized spacial score (nSPS) is 22.6. The number of amidine groups is 2. The molecular weight excluding hydrogens is 276 g/mol. The van der Waals surface area contributed by atoms with Crippen molar-refractivity contribution in [2.24, 2.45) is 9.98 Å². The Morgan fingerprint density at radius 2 is 2.00 bits per heavy atom. The molecule has 1 aromatic carbocycles. The van der Waals surface area contributed by atoms with Gasteiger partial charge in [-0.15, -0.1) is 25.3 Å². The summed E-state index contributed by atoms with van der Waals surface area (Å²) in [6.45, 7) is 0.502. The van der Waals surface area contributed by atoms with E-state index in [0.29, 0.717) is 22.0 Å². The molecule has 2 aliphatic heterocycles. The Hall–Kier alpha value is -0.850. The van der Waals surface area contributed by atoms with Gasteiger partial charge in [0, 0.05) is 10.6 Å². The number of halogens is 1. The first-order valence-electron chi connectivity index (χ1n) is 5.00. The molecule has 0 N–H and O–H groups in total. The van der Waals surface area contributed by atoms with E-state index in [0.717, 1.165) is 5.56 Å². The first kappa shape index (κ1) is 11.3. The van der Waals surface area contributed by atoms with E-state index in [1.165, 1.54) is 0 Å². The van der Waals surface area contributed by atoms with Gasteiger partial charge in [0.15, 0.2) is 16.5 Å². The number of hydrogen-bond acceptors (Lipinski definition) is 4. The molecule has 0 saturated heterocycles. The Bertz CT molecular complexity index is 531. The van der Waals surface area contributed by atoms with Crippen molar-refractivity contribution in [1.82, 2.24) is 10.0 Å². The molecule has 0 radical (unpaired) electrons. The Morgan fingerprint density at radius 3 is 2.76 bits per heavy atom. The highest BCUT2D eigenvalue weighted by molar-refractivity contribution is 7.97. The molecule has 88 valence electrons. The van der Waals surface area contributed by atoms with Crippen molar-refractivity contribution in [3.8, 4) is 0 Å². The Labute approximate surface area is 115 Å². The van der Waals surface area contributed by atoms with E-state index in [9.17, 15) is 0 Å². The third kappa shape index (κ3) is 1.71. The van der Waals surface area contributed by atoms with E-state index in [2.05, 4.69) is 35.2 Å². The van der Waals surface area contributed by atoms with Crippen LogP contribution >= 0.6 is 36.9 Å². The lowest BCUT2D eigenvalue weighted by atomic mass is 10.2. The quantitative estimate of drug-likeness (QED) is 0.776. The van der Waals surface area contributed by atoms with Crippen LogP contribution in [0.15, 0.2) is 34.3 Å². The highest BCUT2D eigenvalue weighted by Crippen LogP contribution is 2.37. The lowest BCUT2D eigenvalue weighted by Crippen LogP contribution is -2.37. The smallest absolute Gasteiger partial charge is 0.179 e. The van der Waals surface area contributed by atoms with Crippen LogP contribution in [0.1, 0.15) is 11.7 Å². The first-order chi connectivity index (χ1) is 8.18. The molecule has 0 aliphatic carbocycles. The summed E-state index contributed by atoms with van der Waals surface area (Å²) in [5.41, 5.74) is 0.923. The van der Waals surface area contributed by atoms with Crippen LogP contribution in [0.5, 0.6) is 0 Å².